The van der Waals surface area contributed by atoms with Crippen molar-refractivity contribution in [1.82, 2.24) is 5.06 Å². The number of rotatable bonds is 6. The van der Waals surface area contributed by atoms with Crippen LogP contribution in [0, 0.1) is 5.92 Å². The largest absolute Gasteiger partial charge is 0.369 e. The van der Waals surface area contributed by atoms with E-state index in [0.717, 1.165) is 17.9 Å². The Morgan fingerprint density at radius 2 is 2.12 bits per heavy atom. The van der Waals surface area contributed by atoms with E-state index in [2.05, 4.69) is 0 Å². The van der Waals surface area contributed by atoms with Crippen molar-refractivity contribution < 1.29 is 14.8 Å². The first-order valence-corrected chi connectivity index (χ1v) is 6.02. The summed E-state index contributed by atoms with van der Waals surface area (Å²) in [5.74, 6) is -1.75. The van der Waals surface area contributed by atoms with Crippen LogP contribution in [0.15, 0.2) is 0 Å². The highest BCUT2D eigenvalue weighted by Gasteiger charge is 2.53. The zero-order valence-corrected chi connectivity index (χ0v) is 10.2. The van der Waals surface area contributed by atoms with Gasteiger partial charge in [-0.2, -0.15) is 5.06 Å². The maximum atomic E-state index is 12.0. The molecule has 0 bridgehead atoms. The second kappa shape index (κ2) is 5.57. The summed E-state index contributed by atoms with van der Waals surface area (Å²) in [4.78, 5) is 23.3. The fraction of sp³-hybridized carbons (Fsp3) is 0.818. The predicted molar refractivity (Wildman–Crippen MR) is 61.9 cm³/mol. The highest BCUT2D eigenvalue weighted by atomic mass is 16.5. The van der Waals surface area contributed by atoms with Crippen molar-refractivity contribution in [2.45, 2.75) is 44.7 Å². The highest BCUT2D eigenvalue weighted by molar-refractivity contribution is 5.94. The van der Waals surface area contributed by atoms with Gasteiger partial charge in [-0.1, -0.05) is 19.8 Å². The van der Waals surface area contributed by atoms with Crippen LogP contribution in [0.2, 0.25) is 0 Å². The van der Waals surface area contributed by atoms with Gasteiger partial charge in [0, 0.05) is 13.0 Å². The van der Waals surface area contributed by atoms with Gasteiger partial charge in [-0.15, -0.1) is 0 Å². The molecule has 0 aromatic heterocycles. The monoisotopic (exact) mass is 243 g/mol. The lowest BCUT2D eigenvalue weighted by atomic mass is 9.87. The fourth-order valence-electron chi connectivity index (χ4n) is 2.27. The Balaban J connectivity index is 2.74. The molecule has 1 rings (SSSR count). The van der Waals surface area contributed by atoms with E-state index in [1.807, 2.05) is 6.92 Å². The van der Waals surface area contributed by atoms with Crippen molar-refractivity contribution in [2.24, 2.45) is 17.4 Å². The van der Waals surface area contributed by atoms with Crippen LogP contribution in [-0.2, 0) is 9.59 Å². The van der Waals surface area contributed by atoms with Crippen LogP contribution >= 0.6 is 0 Å². The van der Waals surface area contributed by atoms with E-state index >= 15 is 0 Å². The van der Waals surface area contributed by atoms with Crippen LogP contribution < -0.4 is 11.5 Å². The molecule has 1 aliphatic heterocycles. The fourth-order valence-corrected chi connectivity index (χ4v) is 2.27. The van der Waals surface area contributed by atoms with Gasteiger partial charge in [0.15, 0.2) is 11.4 Å². The second-order valence-corrected chi connectivity index (χ2v) is 4.57. The van der Waals surface area contributed by atoms with Crippen LogP contribution in [0.25, 0.3) is 0 Å². The van der Waals surface area contributed by atoms with Gasteiger partial charge in [0.25, 0.3) is 0 Å². The van der Waals surface area contributed by atoms with Gasteiger partial charge in [0.1, 0.15) is 0 Å². The Labute approximate surface area is 101 Å². The molecule has 1 aliphatic rings. The van der Waals surface area contributed by atoms with Gasteiger partial charge in [0.05, 0.1) is 5.92 Å². The van der Waals surface area contributed by atoms with Crippen molar-refractivity contribution >= 4 is 11.7 Å². The third-order valence-electron chi connectivity index (χ3n) is 3.39. The summed E-state index contributed by atoms with van der Waals surface area (Å²) in [6, 6.07) is 0. The minimum atomic E-state index is -1.63. The Morgan fingerprint density at radius 1 is 1.47 bits per heavy atom. The molecule has 2 atom stereocenters. The highest BCUT2D eigenvalue weighted by Crippen LogP contribution is 2.31. The lowest BCUT2D eigenvalue weighted by Crippen LogP contribution is -2.63. The summed E-state index contributed by atoms with van der Waals surface area (Å²) in [6.07, 6.45) is 3.22. The van der Waals surface area contributed by atoms with Crippen molar-refractivity contribution in [3.63, 3.8) is 0 Å². The molecule has 0 spiro atoms. The van der Waals surface area contributed by atoms with Crippen LogP contribution in [0.4, 0.5) is 0 Å². The number of primary amides is 1. The molecule has 0 radical (unpaired) electrons. The minimum absolute atomic E-state index is 0.198. The van der Waals surface area contributed by atoms with E-state index < -0.39 is 17.5 Å². The molecule has 17 heavy (non-hydrogen) atoms. The van der Waals surface area contributed by atoms with Crippen LogP contribution in [0.1, 0.15) is 39.0 Å². The van der Waals surface area contributed by atoms with Gasteiger partial charge < -0.3 is 16.7 Å². The van der Waals surface area contributed by atoms with E-state index in [1.54, 1.807) is 0 Å². The van der Waals surface area contributed by atoms with Crippen LogP contribution in [0.5, 0.6) is 0 Å². The first kappa shape index (κ1) is 14.1. The lowest BCUT2D eigenvalue weighted by Gasteiger charge is -2.32. The van der Waals surface area contributed by atoms with E-state index in [4.69, 9.17) is 11.5 Å². The first-order valence-electron chi connectivity index (χ1n) is 6.02. The van der Waals surface area contributed by atoms with Crippen molar-refractivity contribution in [2.75, 3.05) is 6.54 Å². The number of carbonyl (C=O) groups excluding carboxylic acids is 2. The smallest absolute Gasteiger partial charge is 0.224 e. The summed E-state index contributed by atoms with van der Waals surface area (Å²) in [6.45, 7) is 2.23. The standard InChI is InChI=1S/C11H21N3O3/c1-2-3-4-5-9(15)11(13)8(10(12)16)6-7-14(11)17/h8,17H,2-7,13H2,1H3,(H2,12,16)/t8?,11-/m1/s1. The average Bonchev–Trinajstić information content (AvgIpc) is 2.57. The van der Waals surface area contributed by atoms with Gasteiger partial charge >= 0.3 is 0 Å². The number of amides is 1. The SMILES string of the molecule is CCCCCC(=O)[C@@]1(N)C(C(N)=O)CCN1O. The molecule has 0 aromatic rings. The van der Waals surface area contributed by atoms with Gasteiger partial charge in [0.2, 0.25) is 5.91 Å². The summed E-state index contributed by atoms with van der Waals surface area (Å²) >= 11 is 0. The molecule has 1 heterocycles. The minimum Gasteiger partial charge on any atom is -0.369 e. The molecule has 1 fully saturated rings. The molecular formula is C11H21N3O3. The third-order valence-corrected chi connectivity index (χ3v) is 3.39. The predicted octanol–water partition coefficient (Wildman–Crippen LogP) is -0.0128. The molecular weight excluding hydrogens is 222 g/mol. The second-order valence-electron chi connectivity index (χ2n) is 4.57. The number of Topliss-reactive ketones (excluding diaryl/α,β-unsaturated/α-hetero) is 1. The molecule has 1 saturated heterocycles. The number of hydroxylamine groups is 2. The molecule has 0 saturated carbocycles. The maximum Gasteiger partial charge on any atom is 0.224 e. The lowest BCUT2D eigenvalue weighted by molar-refractivity contribution is -0.175. The van der Waals surface area contributed by atoms with Crippen LogP contribution in [-0.4, -0.2) is 34.2 Å². The van der Waals surface area contributed by atoms with Crippen molar-refractivity contribution in [3.8, 4) is 0 Å². The number of carbonyl (C=O) groups is 2. The number of hydrogen-bond donors (Lipinski definition) is 3. The van der Waals surface area contributed by atoms with Crippen LogP contribution in [0.3, 0.4) is 0 Å². The maximum absolute atomic E-state index is 12.0. The number of nitrogens with zero attached hydrogens (tertiary/aromatic N) is 1. The molecule has 0 aliphatic carbocycles. The van der Waals surface area contributed by atoms with Gasteiger partial charge in [-0.05, 0) is 12.8 Å². The molecule has 98 valence electrons. The number of nitrogens with two attached hydrogens (primary N) is 2. The van der Waals surface area contributed by atoms with Crippen molar-refractivity contribution in [3.05, 3.63) is 0 Å². The zero-order chi connectivity index (χ0) is 13.1. The normalized spacial score (nSPS) is 29.5. The zero-order valence-electron chi connectivity index (χ0n) is 10.2. The molecule has 0 aromatic carbocycles. The summed E-state index contributed by atoms with van der Waals surface area (Å²) in [5, 5.41) is 10.4. The Hall–Kier alpha value is -0.980. The van der Waals surface area contributed by atoms with E-state index in [-0.39, 0.29) is 18.7 Å². The number of unbranched alkanes of at least 4 members (excludes halogenated alkanes) is 2. The number of hydrogen-bond acceptors (Lipinski definition) is 5. The molecule has 1 unspecified atom stereocenters. The summed E-state index contributed by atoms with van der Waals surface area (Å²) in [5.41, 5.74) is 9.49. The van der Waals surface area contributed by atoms with E-state index in [1.165, 1.54) is 0 Å². The Kier molecular flexibility index (Phi) is 4.62. The summed E-state index contributed by atoms with van der Waals surface area (Å²) < 4.78 is 0. The topological polar surface area (TPSA) is 110 Å². The Bertz CT molecular complexity index is 308. The van der Waals surface area contributed by atoms with E-state index in [9.17, 15) is 14.8 Å². The van der Waals surface area contributed by atoms with E-state index in [0.29, 0.717) is 12.8 Å². The van der Waals surface area contributed by atoms with Gasteiger partial charge in [-0.25, -0.2) is 0 Å². The molecule has 5 N–H and O–H groups in total. The molecule has 6 nitrogen and oxygen atoms in total. The summed E-state index contributed by atoms with van der Waals surface area (Å²) in [7, 11) is 0. The quantitative estimate of drug-likeness (QED) is 0.568. The third kappa shape index (κ3) is 2.65. The van der Waals surface area contributed by atoms with Crippen molar-refractivity contribution in [1.29, 1.82) is 0 Å². The molecule has 6 heteroatoms. The molecule has 1 amide bonds. The van der Waals surface area contributed by atoms with Gasteiger partial charge in [-0.3, -0.25) is 9.59 Å². The Morgan fingerprint density at radius 3 is 2.65 bits per heavy atom. The average molecular weight is 243 g/mol. The number of ketones is 1. The first-order chi connectivity index (χ1) is 7.94.